The first kappa shape index (κ1) is 19.6. The number of carbonyl (C=O) groups is 1. The number of nitrogens with one attached hydrogen (secondary N) is 1. The van der Waals surface area contributed by atoms with E-state index in [1.165, 1.54) is 31.3 Å². The van der Waals surface area contributed by atoms with Crippen molar-refractivity contribution in [2.24, 2.45) is 0 Å². The summed E-state index contributed by atoms with van der Waals surface area (Å²) >= 11 is 0. The van der Waals surface area contributed by atoms with Crippen LogP contribution in [0, 0.1) is 0 Å². The molecule has 0 heterocycles. The van der Waals surface area contributed by atoms with Gasteiger partial charge in [-0.15, -0.1) is 13.2 Å². The van der Waals surface area contributed by atoms with Crippen molar-refractivity contribution in [2.75, 3.05) is 22.9 Å². The van der Waals surface area contributed by atoms with Crippen molar-refractivity contribution in [1.82, 2.24) is 0 Å². The first-order valence-corrected chi connectivity index (χ1v) is 9.02. The fourth-order valence-electron chi connectivity index (χ4n) is 2.06. The Kier molecular flexibility index (Phi) is 5.45. The third kappa shape index (κ3) is 5.12. The number of halogens is 3. The molecule has 0 aliphatic heterocycles. The smallest absolute Gasteiger partial charge is 0.406 e. The molecule has 2 aromatic rings. The number of amides is 1. The van der Waals surface area contributed by atoms with Crippen molar-refractivity contribution in [3.8, 4) is 5.75 Å². The highest BCUT2D eigenvalue weighted by molar-refractivity contribution is 7.92. The van der Waals surface area contributed by atoms with Gasteiger partial charge in [-0.05, 0) is 36.4 Å². The summed E-state index contributed by atoms with van der Waals surface area (Å²) in [5, 5.41) is 2.50. The Hall–Kier alpha value is -2.75. The summed E-state index contributed by atoms with van der Waals surface area (Å²) in [5.74, 6) is -1.03. The highest BCUT2D eigenvalue weighted by atomic mass is 32.2. The van der Waals surface area contributed by atoms with Crippen LogP contribution in [0.4, 0.5) is 24.5 Å². The lowest BCUT2D eigenvalue weighted by molar-refractivity contribution is -0.274. The van der Waals surface area contributed by atoms with Crippen LogP contribution in [-0.2, 0) is 10.0 Å². The number of hydrogen-bond acceptors (Lipinski definition) is 4. The van der Waals surface area contributed by atoms with Gasteiger partial charge in [-0.1, -0.05) is 12.1 Å². The van der Waals surface area contributed by atoms with Crippen LogP contribution in [0.3, 0.4) is 0 Å². The predicted octanol–water partition coefficient (Wildman–Crippen LogP) is 3.23. The maximum absolute atomic E-state index is 12.4. The molecule has 2 rings (SSSR count). The third-order valence-electron chi connectivity index (χ3n) is 3.33. The summed E-state index contributed by atoms with van der Waals surface area (Å²) in [6, 6.07) is 10.6. The number of nitrogens with zero attached hydrogens (tertiary/aromatic N) is 1. The van der Waals surface area contributed by atoms with Crippen LogP contribution < -0.4 is 14.4 Å². The van der Waals surface area contributed by atoms with E-state index in [0.29, 0.717) is 0 Å². The van der Waals surface area contributed by atoms with Gasteiger partial charge in [0.15, 0.2) is 0 Å². The van der Waals surface area contributed by atoms with Crippen LogP contribution in [0.25, 0.3) is 0 Å². The molecule has 2 aromatic carbocycles. The second kappa shape index (κ2) is 7.24. The number of para-hydroxylation sites is 1. The van der Waals surface area contributed by atoms with Gasteiger partial charge in [0.2, 0.25) is 10.0 Å². The van der Waals surface area contributed by atoms with Crippen molar-refractivity contribution >= 4 is 27.3 Å². The van der Waals surface area contributed by atoms with Crippen molar-refractivity contribution < 1.29 is 31.1 Å². The fraction of sp³-hybridized carbons (Fsp3) is 0.188. The van der Waals surface area contributed by atoms with Crippen LogP contribution in [0.1, 0.15) is 10.4 Å². The molecule has 0 saturated heterocycles. The number of alkyl halides is 3. The summed E-state index contributed by atoms with van der Waals surface area (Å²) in [6.45, 7) is 0. The Labute approximate surface area is 148 Å². The van der Waals surface area contributed by atoms with E-state index >= 15 is 0 Å². The molecule has 26 heavy (non-hydrogen) atoms. The van der Waals surface area contributed by atoms with Crippen LogP contribution >= 0.6 is 0 Å². The Morgan fingerprint density at radius 1 is 1.08 bits per heavy atom. The zero-order valence-electron chi connectivity index (χ0n) is 13.7. The van der Waals surface area contributed by atoms with Gasteiger partial charge in [-0.3, -0.25) is 9.10 Å². The van der Waals surface area contributed by atoms with Crippen molar-refractivity contribution in [1.29, 1.82) is 0 Å². The maximum Gasteiger partial charge on any atom is 0.573 e. The molecular formula is C16H15F3N2O4S. The predicted molar refractivity (Wildman–Crippen MR) is 90.8 cm³/mol. The van der Waals surface area contributed by atoms with Crippen LogP contribution in [0.15, 0.2) is 48.5 Å². The lowest BCUT2D eigenvalue weighted by Gasteiger charge is -2.19. The van der Waals surface area contributed by atoms with Crippen molar-refractivity contribution in [3.05, 3.63) is 54.1 Å². The number of carbonyl (C=O) groups excluding carboxylic acids is 1. The first-order chi connectivity index (χ1) is 12.0. The number of rotatable bonds is 5. The summed E-state index contributed by atoms with van der Waals surface area (Å²) in [5.41, 5.74) is 0.488. The number of ether oxygens (including phenoxy) is 1. The first-order valence-electron chi connectivity index (χ1n) is 7.17. The third-order valence-corrected chi connectivity index (χ3v) is 4.52. The largest absolute Gasteiger partial charge is 0.573 e. The van der Waals surface area contributed by atoms with Gasteiger partial charge in [0.05, 0.1) is 17.5 Å². The Morgan fingerprint density at radius 3 is 2.19 bits per heavy atom. The van der Waals surface area contributed by atoms with E-state index in [1.54, 1.807) is 12.1 Å². The van der Waals surface area contributed by atoms with Gasteiger partial charge >= 0.3 is 6.36 Å². The number of hydrogen-bond donors (Lipinski definition) is 1. The van der Waals surface area contributed by atoms with E-state index in [1.807, 2.05) is 0 Å². The van der Waals surface area contributed by atoms with Gasteiger partial charge in [-0.2, -0.15) is 0 Å². The van der Waals surface area contributed by atoms with E-state index in [0.717, 1.165) is 22.7 Å². The average molecular weight is 388 g/mol. The summed E-state index contributed by atoms with van der Waals surface area (Å²) in [7, 11) is -2.27. The normalized spacial score (nSPS) is 11.7. The van der Waals surface area contributed by atoms with Gasteiger partial charge < -0.3 is 10.1 Å². The lowest BCUT2D eigenvalue weighted by atomic mass is 10.1. The van der Waals surface area contributed by atoms with Gasteiger partial charge in [0.25, 0.3) is 5.91 Å². The molecule has 10 heteroatoms. The Bertz CT molecular complexity index is 896. The van der Waals surface area contributed by atoms with Crippen LogP contribution in [0.5, 0.6) is 5.75 Å². The molecule has 0 bridgehead atoms. The Morgan fingerprint density at radius 2 is 1.65 bits per heavy atom. The molecule has 0 atom stereocenters. The fourth-order valence-corrected chi connectivity index (χ4v) is 2.57. The molecule has 0 aliphatic carbocycles. The molecule has 0 saturated carbocycles. The molecule has 0 radical (unpaired) electrons. The number of sulfonamides is 1. The quantitative estimate of drug-likeness (QED) is 0.853. The summed E-state index contributed by atoms with van der Waals surface area (Å²) in [4.78, 5) is 12.4. The van der Waals surface area contributed by atoms with Gasteiger partial charge in [0.1, 0.15) is 5.75 Å². The second-order valence-electron chi connectivity index (χ2n) is 5.27. The molecular weight excluding hydrogens is 373 g/mol. The second-order valence-corrected chi connectivity index (χ2v) is 7.29. The monoisotopic (exact) mass is 388 g/mol. The van der Waals surface area contributed by atoms with Gasteiger partial charge in [-0.25, -0.2) is 8.42 Å². The zero-order valence-corrected chi connectivity index (χ0v) is 14.6. The van der Waals surface area contributed by atoms with E-state index in [2.05, 4.69) is 10.1 Å². The van der Waals surface area contributed by atoms with E-state index in [-0.39, 0.29) is 16.9 Å². The molecule has 1 amide bonds. The molecule has 1 N–H and O–H groups in total. The summed E-state index contributed by atoms with van der Waals surface area (Å²) in [6.07, 6.45) is -3.80. The minimum atomic E-state index is -4.81. The zero-order chi connectivity index (χ0) is 19.5. The maximum atomic E-state index is 12.4. The molecule has 0 fully saturated rings. The van der Waals surface area contributed by atoms with E-state index < -0.39 is 28.0 Å². The SMILES string of the molecule is CN(c1ccccc1C(=O)Nc1ccc(OC(F)(F)F)cc1)S(C)(=O)=O. The average Bonchev–Trinajstić information content (AvgIpc) is 2.53. The van der Waals surface area contributed by atoms with E-state index in [4.69, 9.17) is 0 Å². The van der Waals surface area contributed by atoms with Crippen molar-refractivity contribution in [2.45, 2.75) is 6.36 Å². The molecule has 0 spiro atoms. The number of anilines is 2. The molecule has 140 valence electrons. The highest BCUT2D eigenvalue weighted by Gasteiger charge is 2.31. The number of benzene rings is 2. The molecule has 0 unspecified atom stereocenters. The Balaban J connectivity index is 2.21. The van der Waals surface area contributed by atoms with Gasteiger partial charge in [0, 0.05) is 12.7 Å². The highest BCUT2D eigenvalue weighted by Crippen LogP contribution is 2.25. The molecule has 0 aliphatic rings. The minimum absolute atomic E-state index is 0.0936. The van der Waals surface area contributed by atoms with Crippen LogP contribution in [-0.4, -0.2) is 34.0 Å². The molecule has 0 aromatic heterocycles. The van der Waals surface area contributed by atoms with Crippen LogP contribution in [0.2, 0.25) is 0 Å². The lowest BCUT2D eigenvalue weighted by Crippen LogP contribution is -2.27. The van der Waals surface area contributed by atoms with E-state index in [9.17, 15) is 26.4 Å². The topological polar surface area (TPSA) is 75.7 Å². The standard InChI is InChI=1S/C16H15F3N2O4S/c1-21(26(2,23)24)14-6-4-3-5-13(14)15(22)20-11-7-9-12(10-8-11)25-16(17,18)19/h3-10H,1-2H3,(H,20,22). The molecule has 6 nitrogen and oxygen atoms in total. The minimum Gasteiger partial charge on any atom is -0.406 e. The van der Waals surface area contributed by atoms with Crippen molar-refractivity contribution in [3.63, 3.8) is 0 Å². The summed E-state index contributed by atoms with van der Waals surface area (Å²) < 4.78 is 64.6.